The van der Waals surface area contributed by atoms with Crippen LogP contribution < -0.4 is 14.5 Å². The van der Waals surface area contributed by atoms with E-state index in [1.165, 1.54) is 22.3 Å². The fraction of sp³-hybridized carbons (Fsp3) is 0.400. The first-order valence-corrected chi connectivity index (χ1v) is 13.1. The van der Waals surface area contributed by atoms with Crippen molar-refractivity contribution in [2.24, 2.45) is 5.92 Å². The molecule has 1 aliphatic rings. The lowest BCUT2D eigenvalue weighted by molar-refractivity contribution is -0.914. The van der Waals surface area contributed by atoms with E-state index >= 15 is 0 Å². The summed E-state index contributed by atoms with van der Waals surface area (Å²) in [5.41, 5.74) is 6.54. The van der Waals surface area contributed by atoms with Gasteiger partial charge in [0.2, 0.25) is 0 Å². The van der Waals surface area contributed by atoms with E-state index in [-0.39, 0.29) is 5.82 Å². The normalized spacial score (nSPS) is 14.6. The lowest BCUT2D eigenvalue weighted by atomic mass is 9.96. The Labute approximate surface area is 217 Å². The number of nitrogens with one attached hydrogen (secondary N) is 1. The second-order valence-electron chi connectivity index (χ2n) is 10.5. The van der Waals surface area contributed by atoms with Crippen molar-refractivity contribution in [1.82, 2.24) is 9.38 Å². The van der Waals surface area contributed by atoms with Gasteiger partial charge in [0.1, 0.15) is 30.0 Å². The van der Waals surface area contributed by atoms with Gasteiger partial charge in [0.15, 0.2) is 5.65 Å². The lowest BCUT2D eigenvalue weighted by Gasteiger charge is -2.36. The van der Waals surface area contributed by atoms with Crippen LogP contribution in [-0.4, -0.2) is 42.7 Å². The van der Waals surface area contributed by atoms with Crippen LogP contribution in [0.15, 0.2) is 42.5 Å². The van der Waals surface area contributed by atoms with Crippen molar-refractivity contribution >= 4 is 22.5 Å². The highest BCUT2D eigenvalue weighted by Gasteiger charge is 2.28. The highest BCUT2D eigenvalue weighted by molar-refractivity contribution is 5.86. The van der Waals surface area contributed by atoms with Crippen LogP contribution in [0, 0.1) is 30.0 Å². The summed E-state index contributed by atoms with van der Waals surface area (Å²) in [6.07, 6.45) is 1.98. The average molecular weight is 501 g/mol. The van der Waals surface area contributed by atoms with Crippen LogP contribution in [0.1, 0.15) is 42.5 Å². The molecule has 0 spiro atoms. The van der Waals surface area contributed by atoms with Crippen LogP contribution >= 0.6 is 0 Å². The van der Waals surface area contributed by atoms with Crippen LogP contribution in [0.4, 0.5) is 10.2 Å². The van der Waals surface area contributed by atoms with Crippen molar-refractivity contribution in [3.63, 3.8) is 0 Å². The van der Waals surface area contributed by atoms with E-state index in [9.17, 15) is 9.65 Å². The predicted molar refractivity (Wildman–Crippen MR) is 145 cm³/mol. The quantitative estimate of drug-likeness (QED) is 0.411. The third-order valence-corrected chi connectivity index (χ3v) is 7.63. The number of methoxy groups -OCH3 is 1. The first kappa shape index (κ1) is 25.0. The highest BCUT2D eigenvalue weighted by Crippen LogP contribution is 2.34. The predicted octanol–water partition coefficient (Wildman–Crippen LogP) is 4.31. The van der Waals surface area contributed by atoms with Gasteiger partial charge in [-0.25, -0.2) is 9.37 Å². The first-order valence-electron chi connectivity index (χ1n) is 13.1. The Morgan fingerprint density at radius 2 is 1.92 bits per heavy atom. The Kier molecular flexibility index (Phi) is 7.03. The van der Waals surface area contributed by atoms with E-state index < -0.39 is 0 Å². The molecule has 0 radical (unpaired) electrons. The number of aromatic nitrogens is 2. The Balaban J connectivity index is 1.53. The van der Waals surface area contributed by atoms with E-state index in [1.807, 2.05) is 18.2 Å². The summed E-state index contributed by atoms with van der Waals surface area (Å²) in [4.78, 5) is 8.77. The zero-order chi connectivity index (χ0) is 26.1. The van der Waals surface area contributed by atoms with Gasteiger partial charge in [-0.2, -0.15) is 5.26 Å². The summed E-state index contributed by atoms with van der Waals surface area (Å²) < 4.78 is 21.6. The lowest BCUT2D eigenvalue weighted by Crippen LogP contribution is -3.13. The fourth-order valence-corrected chi connectivity index (χ4v) is 5.59. The van der Waals surface area contributed by atoms with Gasteiger partial charge >= 0.3 is 0 Å². The minimum absolute atomic E-state index is 0.230. The van der Waals surface area contributed by atoms with E-state index in [2.05, 4.69) is 42.2 Å². The van der Waals surface area contributed by atoms with E-state index in [0.29, 0.717) is 11.5 Å². The molecule has 192 valence electrons. The molecule has 1 N–H and O–H groups in total. The number of imidazole rings is 1. The van der Waals surface area contributed by atoms with Crippen LogP contribution in [-0.2, 0) is 13.0 Å². The van der Waals surface area contributed by atoms with Gasteiger partial charge in [0, 0.05) is 0 Å². The summed E-state index contributed by atoms with van der Waals surface area (Å²) in [6, 6.07) is 15.4. The van der Waals surface area contributed by atoms with Gasteiger partial charge in [0.25, 0.3) is 0 Å². The number of benzene rings is 2. The van der Waals surface area contributed by atoms with E-state index in [1.54, 1.807) is 19.2 Å². The topological polar surface area (TPSA) is 58.0 Å². The summed E-state index contributed by atoms with van der Waals surface area (Å²) in [6.45, 7) is 10.9. The van der Waals surface area contributed by atoms with Crippen LogP contribution in [0.2, 0.25) is 0 Å². The van der Waals surface area contributed by atoms with Crippen molar-refractivity contribution in [2.75, 3.05) is 38.2 Å². The summed E-state index contributed by atoms with van der Waals surface area (Å²) in [5.74, 6) is 2.24. The Hall–Kier alpha value is -3.63. The van der Waals surface area contributed by atoms with Crippen molar-refractivity contribution in [1.29, 1.82) is 5.26 Å². The van der Waals surface area contributed by atoms with Crippen molar-refractivity contribution in [3.05, 3.63) is 70.5 Å². The number of fused-ring (bicyclic) bond motifs is 3. The first-order chi connectivity index (χ1) is 17.9. The molecular weight excluding hydrogens is 465 g/mol. The molecule has 0 bridgehead atoms. The molecule has 37 heavy (non-hydrogen) atoms. The molecule has 0 saturated carbocycles. The number of nitriles is 1. The minimum Gasteiger partial charge on any atom is -0.496 e. The van der Waals surface area contributed by atoms with E-state index in [4.69, 9.17) is 9.72 Å². The number of hydrogen-bond acceptors (Lipinski definition) is 4. The number of anilines is 1. The molecule has 2 aromatic carbocycles. The second kappa shape index (κ2) is 10.4. The Morgan fingerprint density at radius 1 is 1.16 bits per heavy atom. The largest absolute Gasteiger partial charge is 0.496 e. The number of para-hydroxylation sites is 2. The summed E-state index contributed by atoms with van der Waals surface area (Å²) in [7, 11) is 1.64. The summed E-state index contributed by atoms with van der Waals surface area (Å²) in [5, 5.41) is 10.1. The third kappa shape index (κ3) is 4.74. The molecule has 5 rings (SSSR count). The molecule has 0 unspecified atom stereocenters. The number of quaternary nitrogens is 1. The molecule has 3 heterocycles. The standard InChI is InChI=1S/C30H34FN5O/c1-20(2)9-11-24-21(3)25(18-32)29-33-26-7-5-6-8-27(26)36(29)30(24)35-15-13-34(14-16-35)19-22-17-23(31)10-12-28(22)37-4/h5-8,10,12,17,20H,9,11,13-16,19H2,1-4H3/p+1. The zero-order valence-corrected chi connectivity index (χ0v) is 22.1. The van der Waals surface area contributed by atoms with Gasteiger partial charge in [-0.1, -0.05) is 26.0 Å². The number of nitrogens with zero attached hydrogens (tertiary/aromatic N) is 4. The second-order valence-corrected chi connectivity index (χ2v) is 10.5. The van der Waals surface area contributed by atoms with Gasteiger partial charge in [0.05, 0.1) is 55.4 Å². The number of pyridine rings is 1. The molecule has 1 aliphatic heterocycles. The molecule has 1 saturated heterocycles. The Morgan fingerprint density at radius 3 is 2.62 bits per heavy atom. The fourth-order valence-electron chi connectivity index (χ4n) is 5.59. The average Bonchev–Trinajstić information content (AvgIpc) is 3.27. The summed E-state index contributed by atoms with van der Waals surface area (Å²) >= 11 is 0. The number of rotatable bonds is 7. The highest BCUT2D eigenvalue weighted by atomic mass is 19.1. The zero-order valence-electron chi connectivity index (χ0n) is 22.1. The molecule has 6 nitrogen and oxygen atoms in total. The smallest absolute Gasteiger partial charge is 0.157 e. The maximum atomic E-state index is 13.9. The number of hydrogen-bond donors (Lipinski definition) is 1. The maximum absolute atomic E-state index is 13.9. The SMILES string of the molecule is COc1ccc(F)cc1C[NH+]1CCN(c2c(CCC(C)C)c(C)c(C#N)c3nc4ccccc4n23)CC1. The molecule has 4 aromatic rings. The van der Waals surface area contributed by atoms with Crippen molar-refractivity contribution in [3.8, 4) is 11.8 Å². The number of piperazine rings is 1. The number of ether oxygens (including phenoxy) is 1. The molecule has 0 atom stereocenters. The monoisotopic (exact) mass is 500 g/mol. The van der Waals surface area contributed by atoms with Crippen LogP contribution in [0.3, 0.4) is 0 Å². The van der Waals surface area contributed by atoms with Crippen LogP contribution in [0.5, 0.6) is 5.75 Å². The molecule has 0 amide bonds. The minimum atomic E-state index is -0.230. The number of halogens is 1. The van der Waals surface area contributed by atoms with Gasteiger partial charge in [-0.15, -0.1) is 0 Å². The van der Waals surface area contributed by atoms with E-state index in [0.717, 1.165) is 79.1 Å². The Bertz CT molecular complexity index is 1480. The molecule has 2 aromatic heterocycles. The maximum Gasteiger partial charge on any atom is 0.157 e. The van der Waals surface area contributed by atoms with Gasteiger partial charge in [-0.3, -0.25) is 4.40 Å². The molecular formula is C30H35FN5O+. The van der Waals surface area contributed by atoms with Crippen LogP contribution in [0.25, 0.3) is 16.7 Å². The van der Waals surface area contributed by atoms with Gasteiger partial charge in [-0.05, 0) is 67.1 Å². The van der Waals surface area contributed by atoms with Crippen molar-refractivity contribution in [2.45, 2.75) is 40.2 Å². The molecule has 1 fully saturated rings. The molecule has 0 aliphatic carbocycles. The molecule has 7 heteroatoms. The van der Waals surface area contributed by atoms with Gasteiger partial charge < -0.3 is 14.5 Å². The van der Waals surface area contributed by atoms with Crippen molar-refractivity contribution < 1.29 is 14.0 Å². The third-order valence-electron chi connectivity index (χ3n) is 7.63.